The van der Waals surface area contributed by atoms with Gasteiger partial charge >= 0.3 is 0 Å². The summed E-state index contributed by atoms with van der Waals surface area (Å²) >= 11 is 0. The predicted octanol–water partition coefficient (Wildman–Crippen LogP) is 3.08. The molecule has 0 aliphatic carbocycles. The van der Waals surface area contributed by atoms with Gasteiger partial charge in [0, 0.05) is 69.2 Å². The molecule has 2 aliphatic rings. The van der Waals surface area contributed by atoms with Crippen LogP contribution in [0.4, 0.5) is 26.2 Å². The van der Waals surface area contributed by atoms with Crippen LogP contribution in [0.3, 0.4) is 0 Å². The molecule has 2 aromatic heterocycles. The van der Waals surface area contributed by atoms with Crippen molar-refractivity contribution >= 4 is 35.9 Å². The molecule has 2 aliphatic heterocycles. The first-order valence-electron chi connectivity index (χ1n) is 12.5. The van der Waals surface area contributed by atoms with Crippen LogP contribution in [0.2, 0.25) is 0 Å². The second kappa shape index (κ2) is 11.6. The summed E-state index contributed by atoms with van der Waals surface area (Å²) in [4.78, 5) is 15.0. The van der Waals surface area contributed by atoms with Crippen molar-refractivity contribution in [1.82, 2.24) is 24.6 Å². The molecule has 4 heterocycles. The lowest BCUT2D eigenvalue weighted by Crippen LogP contribution is -2.51. The quantitative estimate of drug-likeness (QED) is 0.466. The molecule has 5 rings (SSSR count). The number of β-amino-alcohol motifs (C(OH)–C–C–N with tert-alkyl or cyclic N) is 1. The monoisotopic (exact) mass is 546 g/mol. The molecule has 0 bridgehead atoms. The highest BCUT2D eigenvalue weighted by molar-refractivity contribution is 5.85. The second-order valence-corrected chi connectivity index (χ2v) is 9.87. The molecular formula is C26H33ClF2N8O. The van der Waals surface area contributed by atoms with Gasteiger partial charge in [0.05, 0.1) is 18.0 Å². The van der Waals surface area contributed by atoms with Gasteiger partial charge in [-0.3, -0.25) is 4.90 Å². The molecule has 12 heteroatoms. The van der Waals surface area contributed by atoms with E-state index in [1.807, 2.05) is 22.1 Å². The van der Waals surface area contributed by atoms with E-state index in [0.29, 0.717) is 43.5 Å². The van der Waals surface area contributed by atoms with Gasteiger partial charge in [0.25, 0.3) is 0 Å². The summed E-state index contributed by atoms with van der Waals surface area (Å²) in [5.41, 5.74) is 8.59. The van der Waals surface area contributed by atoms with Gasteiger partial charge in [-0.2, -0.15) is 15.1 Å². The van der Waals surface area contributed by atoms with E-state index in [0.717, 1.165) is 37.0 Å². The fourth-order valence-electron chi connectivity index (χ4n) is 4.85. The van der Waals surface area contributed by atoms with Crippen molar-refractivity contribution in [1.29, 1.82) is 0 Å². The fraction of sp³-hybridized carbons (Fsp3) is 0.423. The fourth-order valence-corrected chi connectivity index (χ4v) is 4.85. The van der Waals surface area contributed by atoms with Crippen LogP contribution in [0, 0.1) is 11.6 Å². The summed E-state index contributed by atoms with van der Waals surface area (Å²) in [6.45, 7) is 9.03. The topological polar surface area (TPSA) is 99.6 Å². The Morgan fingerprint density at radius 1 is 1.00 bits per heavy atom. The SMILES string of the molecule is CC(C)c1c(C=CCN2CCN(c3cc(F)cc(F)c3)CC2)cnn1-c1cc(N2CC(O)C2)nc(N)n1.Cl. The zero-order valence-corrected chi connectivity index (χ0v) is 22.3. The minimum Gasteiger partial charge on any atom is -0.389 e. The highest BCUT2D eigenvalue weighted by Gasteiger charge is 2.27. The Balaban J connectivity index is 0.00000336. The molecule has 2 fully saturated rings. The molecular weight excluding hydrogens is 514 g/mol. The van der Waals surface area contributed by atoms with Gasteiger partial charge in [-0.1, -0.05) is 26.0 Å². The van der Waals surface area contributed by atoms with Crippen LogP contribution in [0.5, 0.6) is 0 Å². The molecule has 38 heavy (non-hydrogen) atoms. The molecule has 204 valence electrons. The van der Waals surface area contributed by atoms with Crippen LogP contribution < -0.4 is 15.5 Å². The molecule has 0 spiro atoms. The number of hydrogen-bond acceptors (Lipinski definition) is 8. The van der Waals surface area contributed by atoms with Gasteiger partial charge in [-0.15, -0.1) is 12.4 Å². The first-order valence-corrected chi connectivity index (χ1v) is 12.5. The lowest BCUT2D eigenvalue weighted by Gasteiger charge is -2.36. The molecule has 0 radical (unpaired) electrons. The largest absolute Gasteiger partial charge is 0.389 e. The summed E-state index contributed by atoms with van der Waals surface area (Å²) in [5.74, 6) is 0.510. The van der Waals surface area contributed by atoms with Gasteiger partial charge in [0.15, 0.2) is 5.82 Å². The smallest absolute Gasteiger partial charge is 0.224 e. The van der Waals surface area contributed by atoms with Crippen LogP contribution >= 0.6 is 12.4 Å². The number of nitrogens with zero attached hydrogens (tertiary/aromatic N) is 7. The molecule has 3 aromatic rings. The van der Waals surface area contributed by atoms with E-state index >= 15 is 0 Å². The average Bonchev–Trinajstić information content (AvgIpc) is 3.26. The maximum Gasteiger partial charge on any atom is 0.224 e. The third-order valence-electron chi connectivity index (χ3n) is 6.75. The van der Waals surface area contributed by atoms with Crippen molar-refractivity contribution in [2.75, 3.05) is 61.3 Å². The van der Waals surface area contributed by atoms with E-state index < -0.39 is 11.6 Å². The van der Waals surface area contributed by atoms with Gasteiger partial charge in [0.1, 0.15) is 17.5 Å². The van der Waals surface area contributed by atoms with Gasteiger partial charge in [-0.05, 0) is 18.1 Å². The number of piperazine rings is 1. The minimum atomic E-state index is -0.554. The molecule has 3 N–H and O–H groups in total. The number of anilines is 3. The van der Waals surface area contributed by atoms with Crippen molar-refractivity contribution in [2.24, 2.45) is 0 Å². The summed E-state index contributed by atoms with van der Waals surface area (Å²) in [6, 6.07) is 5.50. The van der Waals surface area contributed by atoms with Crippen LogP contribution in [-0.2, 0) is 0 Å². The van der Waals surface area contributed by atoms with Crippen LogP contribution in [-0.4, -0.2) is 81.7 Å². The number of aliphatic hydroxyl groups is 1. The highest BCUT2D eigenvalue weighted by Crippen LogP contribution is 2.27. The molecule has 0 saturated carbocycles. The number of nitrogens with two attached hydrogens (primary N) is 1. The summed E-state index contributed by atoms with van der Waals surface area (Å²) in [7, 11) is 0. The van der Waals surface area contributed by atoms with E-state index in [-0.39, 0.29) is 30.4 Å². The van der Waals surface area contributed by atoms with Crippen LogP contribution in [0.15, 0.2) is 36.5 Å². The first kappa shape index (κ1) is 27.7. The van der Waals surface area contributed by atoms with E-state index in [1.54, 1.807) is 4.68 Å². The van der Waals surface area contributed by atoms with Gasteiger partial charge in [0.2, 0.25) is 5.95 Å². The number of aromatic nitrogens is 4. The summed E-state index contributed by atoms with van der Waals surface area (Å²) < 4.78 is 29.0. The number of rotatable bonds is 7. The maximum atomic E-state index is 13.6. The summed E-state index contributed by atoms with van der Waals surface area (Å²) in [6.07, 6.45) is 5.67. The third-order valence-corrected chi connectivity index (χ3v) is 6.75. The summed E-state index contributed by atoms with van der Waals surface area (Å²) in [5, 5.41) is 14.2. The maximum absolute atomic E-state index is 13.6. The number of aliphatic hydroxyl groups excluding tert-OH is 1. The zero-order valence-electron chi connectivity index (χ0n) is 21.5. The Hall–Kier alpha value is -3.28. The van der Waals surface area contributed by atoms with Crippen molar-refractivity contribution in [3.05, 3.63) is 59.4 Å². The number of hydrogen-bond donors (Lipinski definition) is 2. The predicted molar refractivity (Wildman–Crippen MR) is 147 cm³/mol. The molecule has 0 unspecified atom stereocenters. The first-order chi connectivity index (χ1) is 17.8. The minimum absolute atomic E-state index is 0. The van der Waals surface area contributed by atoms with Crippen molar-refractivity contribution in [3.63, 3.8) is 0 Å². The van der Waals surface area contributed by atoms with Gasteiger partial charge in [-0.25, -0.2) is 13.5 Å². The third kappa shape index (κ3) is 6.06. The van der Waals surface area contributed by atoms with E-state index in [4.69, 9.17) is 5.73 Å². The molecule has 1 aromatic carbocycles. The second-order valence-electron chi connectivity index (χ2n) is 9.87. The molecule has 0 atom stereocenters. The van der Waals surface area contributed by atoms with Crippen LogP contribution in [0.1, 0.15) is 31.0 Å². The number of benzene rings is 1. The molecule has 0 amide bonds. The van der Waals surface area contributed by atoms with Gasteiger partial charge < -0.3 is 20.6 Å². The Morgan fingerprint density at radius 2 is 1.66 bits per heavy atom. The lowest BCUT2D eigenvalue weighted by atomic mass is 10.1. The van der Waals surface area contributed by atoms with Crippen molar-refractivity contribution < 1.29 is 13.9 Å². The Morgan fingerprint density at radius 3 is 2.29 bits per heavy atom. The Labute approximate surface area is 227 Å². The van der Waals surface area contributed by atoms with Crippen molar-refractivity contribution in [2.45, 2.75) is 25.9 Å². The lowest BCUT2D eigenvalue weighted by molar-refractivity contribution is 0.141. The molecule has 9 nitrogen and oxygen atoms in total. The van der Waals surface area contributed by atoms with Crippen LogP contribution in [0.25, 0.3) is 11.9 Å². The standard InChI is InChI=1S/C26H32F2N8O.ClH/c1-17(2)25-18(14-30-36(25)24-13-23(31-26(29)32-24)35-15-22(37)16-35)4-3-5-33-6-8-34(9-7-33)21-11-19(27)10-20(28)12-21;/h3-4,10-14,17,22,37H,5-9,15-16H2,1-2H3,(H2,29,31,32);1H. The number of halogens is 3. The highest BCUT2D eigenvalue weighted by atomic mass is 35.5. The number of nitrogen functional groups attached to an aromatic ring is 1. The van der Waals surface area contributed by atoms with E-state index in [2.05, 4.69) is 46.0 Å². The van der Waals surface area contributed by atoms with E-state index in [9.17, 15) is 13.9 Å². The Kier molecular flexibility index (Phi) is 8.49. The normalized spacial score (nSPS) is 16.8. The zero-order chi connectivity index (χ0) is 26.1. The Bertz CT molecular complexity index is 1270. The van der Waals surface area contributed by atoms with Crippen molar-refractivity contribution in [3.8, 4) is 5.82 Å². The molecule has 2 saturated heterocycles. The average molecular weight is 547 g/mol. The van der Waals surface area contributed by atoms with E-state index in [1.165, 1.54) is 12.1 Å².